The van der Waals surface area contributed by atoms with E-state index in [9.17, 15) is 13.2 Å². The van der Waals surface area contributed by atoms with Gasteiger partial charge in [-0.3, -0.25) is 9.52 Å². The molecule has 0 radical (unpaired) electrons. The highest BCUT2D eigenvalue weighted by atomic mass is 35.5. The van der Waals surface area contributed by atoms with Gasteiger partial charge in [0, 0.05) is 29.9 Å². The molecule has 156 valence electrons. The Kier molecular flexibility index (Phi) is 6.64. The Labute approximate surface area is 181 Å². The lowest BCUT2D eigenvalue weighted by atomic mass is 10.1. The van der Waals surface area contributed by atoms with Gasteiger partial charge >= 0.3 is 0 Å². The molecular weight excluding hydrogens is 424 g/mol. The third-order valence-electron chi connectivity index (χ3n) is 4.43. The van der Waals surface area contributed by atoms with Gasteiger partial charge in [0.2, 0.25) is 0 Å². The normalized spacial score (nSPS) is 11.0. The van der Waals surface area contributed by atoms with Gasteiger partial charge in [0.05, 0.1) is 12.0 Å². The summed E-state index contributed by atoms with van der Waals surface area (Å²) in [6, 6.07) is 19.6. The van der Waals surface area contributed by atoms with Gasteiger partial charge in [0.25, 0.3) is 15.9 Å². The predicted molar refractivity (Wildman–Crippen MR) is 117 cm³/mol. The van der Waals surface area contributed by atoms with E-state index in [0.29, 0.717) is 22.8 Å². The Morgan fingerprint density at radius 2 is 1.57 bits per heavy atom. The molecule has 0 spiro atoms. The van der Waals surface area contributed by atoms with Crippen molar-refractivity contribution < 1.29 is 17.9 Å². The molecule has 0 bridgehead atoms. The molecule has 30 heavy (non-hydrogen) atoms. The Morgan fingerprint density at radius 1 is 0.967 bits per heavy atom. The summed E-state index contributed by atoms with van der Waals surface area (Å²) in [5.74, 6) is 0.539. The summed E-state index contributed by atoms with van der Waals surface area (Å²) in [6.45, 7) is 0.418. The van der Waals surface area contributed by atoms with Crippen LogP contribution in [0.25, 0.3) is 0 Å². The van der Waals surface area contributed by atoms with Crippen molar-refractivity contribution in [2.45, 2.75) is 11.4 Å². The van der Waals surface area contributed by atoms with Gasteiger partial charge < -0.3 is 9.64 Å². The quantitative estimate of drug-likeness (QED) is 0.585. The zero-order valence-electron chi connectivity index (χ0n) is 16.5. The van der Waals surface area contributed by atoms with Crippen LogP contribution in [0.3, 0.4) is 0 Å². The Balaban J connectivity index is 1.68. The molecule has 0 saturated carbocycles. The third kappa shape index (κ3) is 5.31. The first-order chi connectivity index (χ1) is 14.3. The lowest BCUT2D eigenvalue weighted by Gasteiger charge is -2.18. The first kappa shape index (κ1) is 21.7. The zero-order valence-corrected chi connectivity index (χ0v) is 18.1. The SMILES string of the molecule is COc1ccc(CN(C)C(=O)c2ccc(S(=O)(=O)Nc3ccc(Cl)cc3)cc2)cc1. The number of benzene rings is 3. The van der Waals surface area contributed by atoms with E-state index >= 15 is 0 Å². The Morgan fingerprint density at radius 3 is 2.13 bits per heavy atom. The lowest BCUT2D eigenvalue weighted by molar-refractivity contribution is 0.0785. The van der Waals surface area contributed by atoms with Gasteiger partial charge in [-0.25, -0.2) is 8.42 Å². The summed E-state index contributed by atoms with van der Waals surface area (Å²) in [5, 5.41) is 0.513. The standard InChI is InChI=1S/C22H21ClN2O4S/c1-25(15-16-3-11-20(29-2)12-4-16)22(26)17-5-13-21(14-6-17)30(27,28)24-19-9-7-18(23)8-10-19/h3-14,24H,15H2,1-2H3. The Bertz CT molecular complexity index is 1110. The maximum atomic E-state index is 12.7. The smallest absolute Gasteiger partial charge is 0.261 e. The number of ether oxygens (including phenoxy) is 1. The summed E-state index contributed by atoms with van der Waals surface area (Å²) in [7, 11) is -0.483. The molecule has 0 aromatic heterocycles. The van der Waals surface area contributed by atoms with Gasteiger partial charge in [0.1, 0.15) is 5.75 Å². The van der Waals surface area contributed by atoms with Crippen LogP contribution in [0.5, 0.6) is 5.75 Å². The van der Waals surface area contributed by atoms with Crippen molar-refractivity contribution in [3.63, 3.8) is 0 Å². The maximum Gasteiger partial charge on any atom is 0.261 e. The van der Waals surface area contributed by atoms with Crippen LogP contribution in [0.4, 0.5) is 5.69 Å². The minimum Gasteiger partial charge on any atom is -0.497 e. The largest absolute Gasteiger partial charge is 0.497 e. The van der Waals surface area contributed by atoms with E-state index < -0.39 is 10.0 Å². The molecule has 0 fully saturated rings. The number of carbonyl (C=O) groups excluding carboxylic acids is 1. The van der Waals surface area contributed by atoms with Crippen molar-refractivity contribution >= 4 is 33.2 Å². The highest BCUT2D eigenvalue weighted by molar-refractivity contribution is 7.92. The van der Waals surface area contributed by atoms with Gasteiger partial charge in [0.15, 0.2) is 0 Å². The Hall–Kier alpha value is -3.03. The summed E-state index contributed by atoms with van der Waals surface area (Å²) in [6.07, 6.45) is 0. The first-order valence-corrected chi connectivity index (χ1v) is 10.9. The second kappa shape index (κ2) is 9.19. The molecule has 0 aliphatic rings. The number of hydrogen-bond acceptors (Lipinski definition) is 4. The molecule has 0 atom stereocenters. The van der Waals surface area contributed by atoms with Gasteiger partial charge in [-0.1, -0.05) is 23.7 Å². The van der Waals surface area contributed by atoms with E-state index in [1.54, 1.807) is 43.3 Å². The number of anilines is 1. The third-order valence-corrected chi connectivity index (χ3v) is 6.08. The molecule has 3 rings (SSSR count). The van der Waals surface area contributed by atoms with Gasteiger partial charge in [-0.05, 0) is 66.2 Å². The fourth-order valence-corrected chi connectivity index (χ4v) is 3.99. The average molecular weight is 445 g/mol. The van der Waals surface area contributed by atoms with E-state index in [-0.39, 0.29) is 10.8 Å². The zero-order chi connectivity index (χ0) is 21.7. The van der Waals surface area contributed by atoms with Crippen LogP contribution in [-0.4, -0.2) is 33.4 Å². The average Bonchev–Trinajstić information content (AvgIpc) is 2.75. The van der Waals surface area contributed by atoms with Gasteiger partial charge in [-0.15, -0.1) is 0 Å². The number of nitrogens with one attached hydrogen (secondary N) is 1. The molecule has 8 heteroatoms. The number of amides is 1. The minimum atomic E-state index is -3.77. The van der Waals surface area contributed by atoms with Crippen molar-refractivity contribution in [2.75, 3.05) is 18.9 Å². The maximum absolute atomic E-state index is 12.7. The second-order valence-electron chi connectivity index (χ2n) is 6.65. The fourth-order valence-electron chi connectivity index (χ4n) is 2.81. The summed E-state index contributed by atoms with van der Waals surface area (Å²) in [4.78, 5) is 14.3. The minimum absolute atomic E-state index is 0.0619. The van der Waals surface area contributed by atoms with Crippen LogP contribution in [0.2, 0.25) is 5.02 Å². The van der Waals surface area contributed by atoms with E-state index in [1.807, 2.05) is 24.3 Å². The number of hydrogen-bond donors (Lipinski definition) is 1. The number of carbonyl (C=O) groups is 1. The molecule has 3 aromatic rings. The summed E-state index contributed by atoms with van der Waals surface area (Å²) < 4.78 is 32.7. The molecule has 0 aliphatic carbocycles. The monoisotopic (exact) mass is 444 g/mol. The lowest BCUT2D eigenvalue weighted by Crippen LogP contribution is -2.26. The van der Waals surface area contributed by atoms with Crippen LogP contribution in [0.15, 0.2) is 77.7 Å². The van der Waals surface area contributed by atoms with Gasteiger partial charge in [-0.2, -0.15) is 0 Å². The molecular formula is C22H21ClN2O4S. The van der Waals surface area contributed by atoms with E-state index in [1.165, 1.54) is 24.3 Å². The number of rotatable bonds is 7. The number of nitrogens with zero attached hydrogens (tertiary/aromatic N) is 1. The summed E-state index contributed by atoms with van der Waals surface area (Å²) in [5.41, 5.74) is 1.76. The fraction of sp³-hybridized carbons (Fsp3) is 0.136. The first-order valence-electron chi connectivity index (χ1n) is 9.05. The highest BCUT2D eigenvalue weighted by Gasteiger charge is 2.17. The second-order valence-corrected chi connectivity index (χ2v) is 8.76. The van der Waals surface area contributed by atoms with E-state index in [4.69, 9.17) is 16.3 Å². The van der Waals surface area contributed by atoms with Crippen LogP contribution >= 0.6 is 11.6 Å². The van der Waals surface area contributed by atoms with Crippen LogP contribution in [-0.2, 0) is 16.6 Å². The molecule has 0 saturated heterocycles. The van der Waals surface area contributed by atoms with Crippen LogP contribution < -0.4 is 9.46 Å². The molecule has 3 aromatic carbocycles. The van der Waals surface area contributed by atoms with Crippen molar-refractivity contribution in [3.8, 4) is 5.75 Å². The predicted octanol–water partition coefficient (Wildman–Crippen LogP) is 4.42. The molecule has 1 amide bonds. The molecule has 0 heterocycles. The topological polar surface area (TPSA) is 75.7 Å². The molecule has 1 N–H and O–H groups in total. The number of halogens is 1. The van der Waals surface area contributed by atoms with E-state index in [0.717, 1.165) is 11.3 Å². The van der Waals surface area contributed by atoms with Crippen LogP contribution in [0.1, 0.15) is 15.9 Å². The van der Waals surface area contributed by atoms with Crippen molar-refractivity contribution in [1.29, 1.82) is 0 Å². The molecule has 0 unspecified atom stereocenters. The number of sulfonamides is 1. The molecule has 0 aliphatic heterocycles. The number of methoxy groups -OCH3 is 1. The molecule has 6 nitrogen and oxygen atoms in total. The van der Waals surface area contributed by atoms with Crippen molar-refractivity contribution in [1.82, 2.24) is 4.90 Å². The van der Waals surface area contributed by atoms with Crippen molar-refractivity contribution in [2.24, 2.45) is 0 Å². The van der Waals surface area contributed by atoms with E-state index in [2.05, 4.69) is 4.72 Å². The van der Waals surface area contributed by atoms with Crippen molar-refractivity contribution in [3.05, 3.63) is 88.9 Å². The van der Waals surface area contributed by atoms with Crippen LogP contribution in [0, 0.1) is 0 Å². The highest BCUT2D eigenvalue weighted by Crippen LogP contribution is 2.20. The summed E-state index contributed by atoms with van der Waals surface area (Å²) >= 11 is 5.82.